The number of hydrogen-bond acceptors (Lipinski definition) is 1. The maximum absolute atomic E-state index is 13.0. The molecule has 1 aromatic rings. The molecule has 0 bridgehead atoms. The number of halogens is 1. The van der Waals surface area contributed by atoms with Crippen molar-refractivity contribution in [1.82, 2.24) is 5.32 Å². The maximum atomic E-state index is 13.0. The van der Waals surface area contributed by atoms with Gasteiger partial charge in [0, 0.05) is 0 Å². The van der Waals surface area contributed by atoms with Gasteiger partial charge in [-0.1, -0.05) is 13.0 Å². The molecule has 0 amide bonds. The van der Waals surface area contributed by atoms with Gasteiger partial charge in [0.05, 0.1) is 0 Å². The number of nitrogens with one attached hydrogen (secondary N) is 1. The highest BCUT2D eigenvalue weighted by molar-refractivity contribution is 5.32. The molecule has 0 aliphatic heterocycles. The van der Waals surface area contributed by atoms with Crippen molar-refractivity contribution in [2.45, 2.75) is 32.6 Å². The fourth-order valence-electron chi connectivity index (χ4n) is 2.61. The minimum atomic E-state index is -0.121. The normalized spacial score (nSPS) is 24.2. The van der Waals surface area contributed by atoms with E-state index >= 15 is 0 Å². The molecule has 1 fully saturated rings. The van der Waals surface area contributed by atoms with Crippen LogP contribution in [0.3, 0.4) is 0 Å². The van der Waals surface area contributed by atoms with Crippen LogP contribution in [0.1, 0.15) is 36.8 Å². The van der Waals surface area contributed by atoms with Crippen LogP contribution in [-0.4, -0.2) is 13.1 Å². The summed E-state index contributed by atoms with van der Waals surface area (Å²) in [6, 6.07) is 5.20. The SMILES string of the molecule is CCNCC1CCC1c1ccc(F)cc1C. The van der Waals surface area contributed by atoms with Crippen LogP contribution in [0.5, 0.6) is 0 Å². The average Bonchev–Trinajstić information content (AvgIpc) is 2.21. The highest BCUT2D eigenvalue weighted by Gasteiger charge is 2.32. The van der Waals surface area contributed by atoms with Crippen molar-refractivity contribution < 1.29 is 4.39 Å². The topological polar surface area (TPSA) is 12.0 Å². The molecule has 1 nitrogen and oxygen atoms in total. The Morgan fingerprint density at radius 2 is 2.19 bits per heavy atom. The molecule has 0 spiro atoms. The summed E-state index contributed by atoms with van der Waals surface area (Å²) in [5.41, 5.74) is 2.45. The Balaban J connectivity index is 2.06. The molecule has 1 aliphatic rings. The van der Waals surface area contributed by atoms with E-state index in [1.54, 1.807) is 12.1 Å². The van der Waals surface area contributed by atoms with Crippen molar-refractivity contribution in [1.29, 1.82) is 0 Å². The summed E-state index contributed by atoms with van der Waals surface area (Å²) in [6.45, 7) is 6.28. The predicted molar refractivity (Wildman–Crippen MR) is 65.1 cm³/mol. The van der Waals surface area contributed by atoms with E-state index in [0.717, 1.165) is 24.6 Å². The first kappa shape index (κ1) is 11.6. The highest BCUT2D eigenvalue weighted by Crippen LogP contribution is 2.43. The molecule has 2 unspecified atom stereocenters. The van der Waals surface area contributed by atoms with E-state index in [-0.39, 0.29) is 5.82 Å². The van der Waals surface area contributed by atoms with E-state index in [1.807, 2.05) is 13.0 Å². The van der Waals surface area contributed by atoms with Crippen LogP contribution in [-0.2, 0) is 0 Å². The van der Waals surface area contributed by atoms with E-state index in [0.29, 0.717) is 5.92 Å². The molecule has 1 aliphatic carbocycles. The van der Waals surface area contributed by atoms with E-state index in [2.05, 4.69) is 12.2 Å². The van der Waals surface area contributed by atoms with Crippen molar-refractivity contribution >= 4 is 0 Å². The lowest BCUT2D eigenvalue weighted by Crippen LogP contribution is -2.34. The minimum Gasteiger partial charge on any atom is -0.317 e. The van der Waals surface area contributed by atoms with Crippen LogP contribution >= 0.6 is 0 Å². The van der Waals surface area contributed by atoms with Gasteiger partial charge in [-0.25, -0.2) is 4.39 Å². The van der Waals surface area contributed by atoms with Crippen LogP contribution in [0, 0.1) is 18.7 Å². The van der Waals surface area contributed by atoms with Crippen molar-refractivity contribution in [2.75, 3.05) is 13.1 Å². The first-order valence-electron chi connectivity index (χ1n) is 6.19. The lowest BCUT2D eigenvalue weighted by Gasteiger charge is -2.38. The van der Waals surface area contributed by atoms with Crippen LogP contribution in [0.2, 0.25) is 0 Å². The fraction of sp³-hybridized carbons (Fsp3) is 0.571. The molecule has 0 saturated heterocycles. The van der Waals surface area contributed by atoms with E-state index in [1.165, 1.54) is 18.4 Å². The lowest BCUT2D eigenvalue weighted by molar-refractivity contribution is 0.246. The van der Waals surface area contributed by atoms with Crippen molar-refractivity contribution in [3.63, 3.8) is 0 Å². The Morgan fingerprint density at radius 3 is 2.75 bits per heavy atom. The first-order valence-corrected chi connectivity index (χ1v) is 6.19. The van der Waals surface area contributed by atoms with Crippen LogP contribution in [0.15, 0.2) is 18.2 Å². The van der Waals surface area contributed by atoms with Gasteiger partial charge in [-0.15, -0.1) is 0 Å². The Labute approximate surface area is 97.1 Å². The number of benzene rings is 1. The van der Waals surface area contributed by atoms with Gasteiger partial charge >= 0.3 is 0 Å². The van der Waals surface area contributed by atoms with Crippen molar-refractivity contribution in [3.8, 4) is 0 Å². The van der Waals surface area contributed by atoms with Crippen LogP contribution in [0.4, 0.5) is 4.39 Å². The summed E-state index contributed by atoms with van der Waals surface area (Å²) in [5.74, 6) is 1.26. The van der Waals surface area contributed by atoms with E-state index in [9.17, 15) is 4.39 Å². The zero-order chi connectivity index (χ0) is 11.5. The highest BCUT2D eigenvalue weighted by atomic mass is 19.1. The van der Waals surface area contributed by atoms with Crippen LogP contribution < -0.4 is 5.32 Å². The summed E-state index contributed by atoms with van der Waals surface area (Å²) in [5, 5.41) is 3.41. The fourth-order valence-corrected chi connectivity index (χ4v) is 2.61. The van der Waals surface area contributed by atoms with Gasteiger partial charge in [0.1, 0.15) is 5.82 Å². The van der Waals surface area contributed by atoms with Gasteiger partial charge in [-0.3, -0.25) is 0 Å². The van der Waals surface area contributed by atoms with Gasteiger partial charge in [-0.2, -0.15) is 0 Å². The summed E-state index contributed by atoms with van der Waals surface area (Å²) < 4.78 is 13.0. The minimum absolute atomic E-state index is 0.121. The lowest BCUT2D eigenvalue weighted by atomic mass is 9.69. The summed E-state index contributed by atoms with van der Waals surface area (Å²) in [6.07, 6.45) is 2.55. The zero-order valence-corrected chi connectivity index (χ0v) is 10.1. The summed E-state index contributed by atoms with van der Waals surface area (Å²) >= 11 is 0. The monoisotopic (exact) mass is 221 g/mol. The third kappa shape index (κ3) is 2.27. The predicted octanol–water partition coefficient (Wildman–Crippen LogP) is 3.24. The largest absolute Gasteiger partial charge is 0.317 e. The Kier molecular flexibility index (Phi) is 3.59. The molecule has 0 aromatic heterocycles. The second kappa shape index (κ2) is 4.96. The van der Waals surface area contributed by atoms with Gasteiger partial charge < -0.3 is 5.32 Å². The van der Waals surface area contributed by atoms with Crippen LogP contribution in [0.25, 0.3) is 0 Å². The second-order valence-electron chi connectivity index (χ2n) is 4.75. The molecule has 1 N–H and O–H groups in total. The number of hydrogen-bond donors (Lipinski definition) is 1. The Bertz CT molecular complexity index is 362. The number of rotatable bonds is 4. The smallest absolute Gasteiger partial charge is 0.123 e. The molecule has 0 radical (unpaired) electrons. The van der Waals surface area contributed by atoms with Crippen molar-refractivity contribution in [2.24, 2.45) is 5.92 Å². The average molecular weight is 221 g/mol. The third-order valence-corrected chi connectivity index (χ3v) is 3.71. The molecule has 0 heterocycles. The van der Waals surface area contributed by atoms with E-state index < -0.39 is 0 Å². The molecule has 88 valence electrons. The molecule has 2 rings (SSSR count). The second-order valence-corrected chi connectivity index (χ2v) is 4.75. The number of aryl methyl sites for hydroxylation is 1. The summed E-state index contributed by atoms with van der Waals surface area (Å²) in [4.78, 5) is 0. The van der Waals surface area contributed by atoms with Gasteiger partial charge in [-0.05, 0) is 68.0 Å². The maximum Gasteiger partial charge on any atom is 0.123 e. The first-order chi connectivity index (χ1) is 7.72. The molecule has 1 aromatic carbocycles. The zero-order valence-electron chi connectivity index (χ0n) is 10.1. The van der Waals surface area contributed by atoms with Gasteiger partial charge in [0.25, 0.3) is 0 Å². The molecule has 2 atom stereocenters. The quantitative estimate of drug-likeness (QED) is 0.823. The summed E-state index contributed by atoms with van der Waals surface area (Å²) in [7, 11) is 0. The van der Waals surface area contributed by atoms with Crippen molar-refractivity contribution in [3.05, 3.63) is 35.1 Å². The molecular weight excluding hydrogens is 201 g/mol. The molecule has 1 saturated carbocycles. The van der Waals surface area contributed by atoms with Gasteiger partial charge in [0.15, 0.2) is 0 Å². The Morgan fingerprint density at radius 1 is 1.38 bits per heavy atom. The molecule has 16 heavy (non-hydrogen) atoms. The van der Waals surface area contributed by atoms with E-state index in [4.69, 9.17) is 0 Å². The third-order valence-electron chi connectivity index (χ3n) is 3.71. The molecule has 2 heteroatoms. The molecular formula is C14H20FN. The Hall–Kier alpha value is -0.890. The standard InChI is InChI=1S/C14H20FN/c1-3-16-9-11-4-6-14(11)13-7-5-12(15)8-10(13)2/h5,7-8,11,14,16H,3-4,6,9H2,1-2H3. The van der Waals surface area contributed by atoms with Gasteiger partial charge in [0.2, 0.25) is 0 Å².